The lowest BCUT2D eigenvalue weighted by Gasteiger charge is -2.39. The lowest BCUT2D eigenvalue weighted by atomic mass is 9.88. The number of ether oxygens (including phenoxy) is 1. The molecule has 0 aromatic carbocycles. The Hall–Kier alpha value is -1.35. The van der Waals surface area contributed by atoms with Crippen LogP contribution in [0.4, 0.5) is 0 Å². The van der Waals surface area contributed by atoms with Gasteiger partial charge in [-0.1, -0.05) is 12.2 Å². The van der Waals surface area contributed by atoms with Crippen LogP contribution in [-0.4, -0.2) is 58.5 Å². The Kier molecular flexibility index (Phi) is 6.39. The number of nitrogens with zero attached hydrogens (tertiary/aromatic N) is 1. The van der Waals surface area contributed by atoms with Gasteiger partial charge in [0.15, 0.2) is 0 Å². The first-order valence-corrected chi connectivity index (χ1v) is 9.86. The summed E-state index contributed by atoms with van der Waals surface area (Å²) in [7, 11) is 1.46. The van der Waals surface area contributed by atoms with Crippen molar-refractivity contribution in [3.8, 4) is 11.8 Å². The maximum atomic E-state index is 12.2. The molecule has 3 unspecified atom stereocenters. The number of aliphatic hydroxyl groups is 2. The van der Waals surface area contributed by atoms with E-state index in [1.165, 1.54) is 7.11 Å². The van der Waals surface area contributed by atoms with Crippen LogP contribution in [0.1, 0.15) is 51.9 Å². The van der Waals surface area contributed by atoms with Crippen molar-refractivity contribution < 1.29 is 19.7 Å². The van der Waals surface area contributed by atoms with Gasteiger partial charge >= 0.3 is 5.97 Å². The molecule has 5 heteroatoms. The Morgan fingerprint density at radius 3 is 2.92 bits per heavy atom. The van der Waals surface area contributed by atoms with E-state index in [2.05, 4.69) is 16.7 Å². The van der Waals surface area contributed by atoms with E-state index < -0.39 is 12.2 Å². The highest BCUT2D eigenvalue weighted by atomic mass is 16.5. The Bertz CT molecular complexity index is 593. The van der Waals surface area contributed by atoms with Gasteiger partial charge in [-0.2, -0.15) is 0 Å². The van der Waals surface area contributed by atoms with Gasteiger partial charge in [0.25, 0.3) is 0 Å². The minimum atomic E-state index is -0.520. The van der Waals surface area contributed by atoms with E-state index in [0.29, 0.717) is 31.2 Å². The molecular formula is C21H31NO4. The van der Waals surface area contributed by atoms with Gasteiger partial charge in [0.2, 0.25) is 0 Å². The molecule has 2 N–H and O–H groups in total. The van der Waals surface area contributed by atoms with E-state index in [0.717, 1.165) is 25.7 Å². The molecule has 3 fully saturated rings. The standard InChI is InChI=1S/C21H31NO4/c1-3-4-5-8-15(23)10-11-16-17-12-14-7-6-9-18(21(25)26-2)22(14)19(17)13-20(16)24/h10-11,14-20,23-24H,5-9,12-13H2,1-2H3/t14?,15-,16+,17+,18?,19?,20+/m0/s1. The third-order valence-electron chi connectivity index (χ3n) is 6.41. The first-order valence-electron chi connectivity index (χ1n) is 9.86. The number of fused-ring (bicyclic) bond motifs is 3. The van der Waals surface area contributed by atoms with E-state index in [1.54, 1.807) is 6.92 Å². The maximum Gasteiger partial charge on any atom is 0.323 e. The molecule has 0 bridgehead atoms. The van der Waals surface area contributed by atoms with Crippen molar-refractivity contribution >= 4 is 5.97 Å². The highest BCUT2D eigenvalue weighted by molar-refractivity contribution is 5.76. The fourth-order valence-corrected chi connectivity index (χ4v) is 5.28. The smallest absolute Gasteiger partial charge is 0.323 e. The highest BCUT2D eigenvalue weighted by Crippen LogP contribution is 2.49. The second kappa shape index (κ2) is 8.56. The van der Waals surface area contributed by atoms with Gasteiger partial charge in [0.05, 0.1) is 19.3 Å². The predicted octanol–water partition coefficient (Wildman–Crippen LogP) is 1.87. The molecule has 0 spiro atoms. The summed E-state index contributed by atoms with van der Waals surface area (Å²) < 4.78 is 5.02. The van der Waals surface area contributed by atoms with Gasteiger partial charge in [-0.15, -0.1) is 11.8 Å². The minimum Gasteiger partial charge on any atom is -0.468 e. The molecule has 5 nitrogen and oxygen atoms in total. The van der Waals surface area contributed by atoms with Gasteiger partial charge in [0.1, 0.15) is 6.04 Å². The summed E-state index contributed by atoms with van der Waals surface area (Å²) in [6.45, 7) is 1.80. The molecule has 2 heterocycles. The van der Waals surface area contributed by atoms with Crippen LogP contribution in [0, 0.1) is 23.7 Å². The first-order chi connectivity index (χ1) is 12.6. The fourth-order valence-electron chi connectivity index (χ4n) is 5.28. The number of carbonyl (C=O) groups excluding carboxylic acids is 1. The van der Waals surface area contributed by atoms with Crippen molar-refractivity contribution in [2.45, 2.75) is 82.2 Å². The first kappa shape index (κ1) is 19.4. The van der Waals surface area contributed by atoms with E-state index in [4.69, 9.17) is 4.74 Å². The largest absolute Gasteiger partial charge is 0.468 e. The van der Waals surface area contributed by atoms with Crippen molar-refractivity contribution in [2.75, 3.05) is 7.11 Å². The fraction of sp³-hybridized carbons (Fsp3) is 0.762. The second-order valence-corrected chi connectivity index (χ2v) is 7.84. The molecule has 2 aliphatic heterocycles. The molecule has 0 radical (unpaired) electrons. The van der Waals surface area contributed by atoms with Crippen LogP contribution >= 0.6 is 0 Å². The number of hydrogen-bond donors (Lipinski definition) is 2. The van der Waals surface area contributed by atoms with Crippen molar-refractivity contribution in [1.82, 2.24) is 4.90 Å². The number of carbonyl (C=O) groups is 1. The lowest BCUT2D eigenvalue weighted by Crippen LogP contribution is -2.51. The average molecular weight is 361 g/mol. The predicted molar refractivity (Wildman–Crippen MR) is 99.1 cm³/mol. The van der Waals surface area contributed by atoms with Crippen LogP contribution in [0.25, 0.3) is 0 Å². The number of esters is 1. The van der Waals surface area contributed by atoms with Crippen LogP contribution in [0.2, 0.25) is 0 Å². The summed E-state index contributed by atoms with van der Waals surface area (Å²) in [6.07, 6.45) is 8.92. The molecule has 0 amide bonds. The molecule has 0 aromatic heterocycles. The molecule has 26 heavy (non-hydrogen) atoms. The molecule has 1 saturated carbocycles. The van der Waals surface area contributed by atoms with Gasteiger partial charge in [0, 0.05) is 24.4 Å². The average Bonchev–Trinajstić information content (AvgIpc) is 3.14. The number of piperidine rings is 1. The Balaban J connectivity index is 1.68. The van der Waals surface area contributed by atoms with Crippen LogP contribution in [-0.2, 0) is 9.53 Å². The molecule has 2 saturated heterocycles. The van der Waals surface area contributed by atoms with E-state index in [9.17, 15) is 15.0 Å². The number of methoxy groups -OCH3 is 1. The van der Waals surface area contributed by atoms with E-state index >= 15 is 0 Å². The molecule has 7 atom stereocenters. The number of aliphatic hydroxyl groups excluding tert-OH is 2. The lowest BCUT2D eigenvalue weighted by molar-refractivity contribution is -0.150. The quantitative estimate of drug-likeness (QED) is 0.444. The normalized spacial score (nSPS) is 37.7. The van der Waals surface area contributed by atoms with Crippen LogP contribution in [0.5, 0.6) is 0 Å². The summed E-state index contributed by atoms with van der Waals surface area (Å²) in [4.78, 5) is 14.6. The third-order valence-corrected chi connectivity index (χ3v) is 6.41. The minimum absolute atomic E-state index is 0.0517. The summed E-state index contributed by atoms with van der Waals surface area (Å²) >= 11 is 0. The number of rotatable bonds is 5. The molecule has 3 aliphatic rings. The molecular weight excluding hydrogens is 330 g/mol. The Morgan fingerprint density at radius 1 is 1.38 bits per heavy atom. The summed E-state index contributed by atoms with van der Waals surface area (Å²) in [5, 5.41) is 20.7. The zero-order valence-corrected chi connectivity index (χ0v) is 15.8. The summed E-state index contributed by atoms with van der Waals surface area (Å²) in [5.74, 6) is 6.06. The maximum absolute atomic E-state index is 12.2. The Morgan fingerprint density at radius 2 is 2.19 bits per heavy atom. The van der Waals surface area contributed by atoms with Gasteiger partial charge in [-0.3, -0.25) is 9.69 Å². The molecule has 3 rings (SSSR count). The van der Waals surface area contributed by atoms with Crippen molar-refractivity contribution in [1.29, 1.82) is 0 Å². The molecule has 144 valence electrons. The number of hydrogen-bond acceptors (Lipinski definition) is 5. The highest BCUT2D eigenvalue weighted by Gasteiger charge is 2.55. The zero-order chi connectivity index (χ0) is 18.7. The van der Waals surface area contributed by atoms with Gasteiger partial charge < -0.3 is 14.9 Å². The molecule has 1 aliphatic carbocycles. The van der Waals surface area contributed by atoms with Crippen molar-refractivity contribution in [3.63, 3.8) is 0 Å². The third kappa shape index (κ3) is 3.83. The van der Waals surface area contributed by atoms with Crippen molar-refractivity contribution in [3.05, 3.63) is 12.2 Å². The van der Waals surface area contributed by atoms with Crippen LogP contribution < -0.4 is 0 Å². The Labute approximate surface area is 156 Å². The molecule has 0 aromatic rings. The van der Waals surface area contributed by atoms with Crippen molar-refractivity contribution in [2.24, 2.45) is 11.8 Å². The summed E-state index contributed by atoms with van der Waals surface area (Å²) in [6, 6.07) is 0.482. The van der Waals surface area contributed by atoms with Crippen LogP contribution in [0.3, 0.4) is 0 Å². The van der Waals surface area contributed by atoms with Gasteiger partial charge in [-0.05, 0) is 51.4 Å². The van der Waals surface area contributed by atoms with E-state index in [-0.39, 0.29) is 24.0 Å². The topological polar surface area (TPSA) is 70.0 Å². The summed E-state index contributed by atoms with van der Waals surface area (Å²) in [5.41, 5.74) is 0. The SMILES string of the molecule is CC#CCC[C@H](O)C=C[C@H]1[C@H](O)CC2[C@@H]1CC1CCCC(C(=O)OC)N12. The van der Waals surface area contributed by atoms with Gasteiger partial charge in [-0.25, -0.2) is 0 Å². The van der Waals surface area contributed by atoms with E-state index in [1.807, 2.05) is 12.2 Å². The monoisotopic (exact) mass is 361 g/mol. The zero-order valence-electron chi connectivity index (χ0n) is 15.8. The van der Waals surface area contributed by atoms with Crippen LogP contribution in [0.15, 0.2) is 12.2 Å². The second-order valence-electron chi connectivity index (χ2n) is 7.84.